The summed E-state index contributed by atoms with van der Waals surface area (Å²) in [5, 5.41) is 0. The maximum atomic E-state index is 13.8. The molecule has 3 aromatic carbocycles. The SMILES string of the molecule is CC(C)(C)Oc1ccc(OC[C@@H]2Cc3ccccc3CN2C(=O)c2ccc(F)c(F)c2)cc1. The van der Waals surface area contributed by atoms with Gasteiger partial charge in [0.05, 0.1) is 6.04 Å². The van der Waals surface area contributed by atoms with Crippen molar-refractivity contribution in [3.63, 3.8) is 0 Å². The minimum absolute atomic E-state index is 0.113. The first-order valence-corrected chi connectivity index (χ1v) is 10.9. The van der Waals surface area contributed by atoms with E-state index in [1.54, 1.807) is 4.90 Å². The monoisotopic (exact) mass is 451 g/mol. The van der Waals surface area contributed by atoms with Gasteiger partial charge in [-0.05, 0) is 80.8 Å². The van der Waals surface area contributed by atoms with Crippen molar-refractivity contribution in [1.29, 1.82) is 0 Å². The predicted octanol–water partition coefficient (Wildman–Crippen LogP) is 5.79. The summed E-state index contributed by atoms with van der Waals surface area (Å²) >= 11 is 0. The molecule has 1 amide bonds. The van der Waals surface area contributed by atoms with Gasteiger partial charge in [0.15, 0.2) is 11.6 Å². The highest BCUT2D eigenvalue weighted by Gasteiger charge is 2.31. The summed E-state index contributed by atoms with van der Waals surface area (Å²) in [4.78, 5) is 14.9. The normalized spacial score (nSPS) is 15.7. The molecule has 0 aliphatic carbocycles. The van der Waals surface area contributed by atoms with Crippen LogP contribution in [-0.2, 0) is 13.0 Å². The predicted molar refractivity (Wildman–Crippen MR) is 122 cm³/mol. The molecule has 6 heteroatoms. The third-order valence-electron chi connectivity index (χ3n) is 5.47. The molecule has 0 aromatic heterocycles. The highest BCUT2D eigenvalue weighted by atomic mass is 19.2. The van der Waals surface area contributed by atoms with Gasteiger partial charge in [0, 0.05) is 12.1 Å². The number of ether oxygens (including phenoxy) is 2. The summed E-state index contributed by atoms with van der Waals surface area (Å²) in [5.74, 6) is -0.962. The number of nitrogens with zero attached hydrogens (tertiary/aromatic N) is 1. The van der Waals surface area contributed by atoms with Crippen molar-refractivity contribution < 1.29 is 23.0 Å². The van der Waals surface area contributed by atoms with E-state index in [9.17, 15) is 13.6 Å². The number of halogens is 2. The number of hydrogen-bond acceptors (Lipinski definition) is 3. The Hall–Kier alpha value is -3.41. The van der Waals surface area contributed by atoms with E-state index in [0.717, 1.165) is 29.0 Å². The van der Waals surface area contributed by atoms with Crippen molar-refractivity contribution in [1.82, 2.24) is 4.90 Å². The van der Waals surface area contributed by atoms with E-state index in [4.69, 9.17) is 9.47 Å². The minimum atomic E-state index is -1.04. The number of amides is 1. The molecule has 1 atom stereocenters. The van der Waals surface area contributed by atoms with Crippen LogP contribution in [-0.4, -0.2) is 29.1 Å². The van der Waals surface area contributed by atoms with Gasteiger partial charge in [-0.15, -0.1) is 0 Å². The van der Waals surface area contributed by atoms with E-state index in [1.807, 2.05) is 69.3 Å². The van der Waals surface area contributed by atoms with E-state index >= 15 is 0 Å². The van der Waals surface area contributed by atoms with Crippen LogP contribution in [0.15, 0.2) is 66.7 Å². The Balaban J connectivity index is 1.52. The van der Waals surface area contributed by atoms with Crippen LogP contribution in [0.25, 0.3) is 0 Å². The molecule has 1 heterocycles. The molecule has 0 fully saturated rings. The lowest BCUT2D eigenvalue weighted by atomic mass is 9.93. The highest BCUT2D eigenvalue weighted by molar-refractivity contribution is 5.94. The largest absolute Gasteiger partial charge is 0.491 e. The van der Waals surface area contributed by atoms with E-state index < -0.39 is 11.6 Å². The Morgan fingerprint density at radius 1 is 0.939 bits per heavy atom. The second-order valence-corrected chi connectivity index (χ2v) is 9.19. The van der Waals surface area contributed by atoms with Crippen molar-refractivity contribution in [2.45, 2.75) is 45.4 Å². The standard InChI is InChI=1S/C27H27F2NO3/c1-27(2,3)33-23-11-9-22(10-12-23)32-17-21-14-18-6-4-5-7-20(18)16-30(21)26(31)19-8-13-24(28)25(29)15-19/h4-13,15,21H,14,16-17H2,1-3H3/t21-/m0/s1. The van der Waals surface area contributed by atoms with E-state index in [2.05, 4.69) is 0 Å². The number of rotatable bonds is 5. The molecule has 0 saturated heterocycles. The molecule has 0 bridgehead atoms. The van der Waals surface area contributed by atoms with Gasteiger partial charge in [0.25, 0.3) is 5.91 Å². The molecule has 0 radical (unpaired) electrons. The molecule has 1 aliphatic rings. The van der Waals surface area contributed by atoms with Crippen molar-refractivity contribution in [3.05, 3.63) is 95.1 Å². The van der Waals surface area contributed by atoms with Gasteiger partial charge in [-0.1, -0.05) is 24.3 Å². The smallest absolute Gasteiger partial charge is 0.254 e. The molecule has 0 spiro atoms. The Labute approximate surface area is 192 Å². The maximum absolute atomic E-state index is 13.8. The second kappa shape index (κ2) is 9.22. The maximum Gasteiger partial charge on any atom is 0.254 e. The fraction of sp³-hybridized carbons (Fsp3) is 0.296. The first-order valence-electron chi connectivity index (χ1n) is 10.9. The molecule has 1 aliphatic heterocycles. The first-order chi connectivity index (χ1) is 15.7. The number of carbonyl (C=O) groups excluding carboxylic acids is 1. The molecule has 4 nitrogen and oxygen atoms in total. The van der Waals surface area contributed by atoms with Gasteiger partial charge < -0.3 is 14.4 Å². The molecule has 172 valence electrons. The van der Waals surface area contributed by atoms with Gasteiger partial charge in [0.1, 0.15) is 23.7 Å². The molecule has 0 saturated carbocycles. The molecule has 3 aromatic rings. The van der Waals surface area contributed by atoms with Crippen LogP contribution in [0.2, 0.25) is 0 Å². The molecule has 33 heavy (non-hydrogen) atoms. The first kappa shape index (κ1) is 22.8. The summed E-state index contributed by atoms with van der Waals surface area (Å²) in [6.45, 7) is 6.59. The molecule has 4 rings (SSSR count). The fourth-order valence-corrected chi connectivity index (χ4v) is 3.92. The van der Waals surface area contributed by atoms with E-state index in [1.165, 1.54) is 6.07 Å². The third-order valence-corrected chi connectivity index (χ3v) is 5.47. The van der Waals surface area contributed by atoms with Crippen LogP contribution >= 0.6 is 0 Å². The quantitative estimate of drug-likeness (QED) is 0.493. The molecule has 0 unspecified atom stereocenters. The molecular formula is C27H27F2NO3. The van der Waals surface area contributed by atoms with Crippen LogP contribution in [0.5, 0.6) is 11.5 Å². The van der Waals surface area contributed by atoms with Crippen LogP contribution in [0, 0.1) is 11.6 Å². The lowest BCUT2D eigenvalue weighted by Gasteiger charge is -2.37. The number of fused-ring (bicyclic) bond motifs is 1. The van der Waals surface area contributed by atoms with Crippen molar-refractivity contribution in [2.24, 2.45) is 0 Å². The van der Waals surface area contributed by atoms with Crippen molar-refractivity contribution in [3.8, 4) is 11.5 Å². The number of benzene rings is 3. The van der Waals surface area contributed by atoms with Crippen molar-refractivity contribution in [2.75, 3.05) is 6.61 Å². The van der Waals surface area contributed by atoms with Crippen molar-refractivity contribution >= 4 is 5.91 Å². The van der Waals surface area contributed by atoms with Crippen LogP contribution in [0.4, 0.5) is 8.78 Å². The summed E-state index contributed by atoms with van der Waals surface area (Å²) in [7, 11) is 0. The van der Waals surface area contributed by atoms with E-state index in [-0.39, 0.29) is 29.7 Å². The highest BCUT2D eigenvalue weighted by Crippen LogP contribution is 2.27. The molecular weight excluding hydrogens is 424 g/mol. The lowest BCUT2D eigenvalue weighted by molar-refractivity contribution is 0.0565. The second-order valence-electron chi connectivity index (χ2n) is 9.19. The van der Waals surface area contributed by atoms with Crippen LogP contribution in [0.3, 0.4) is 0 Å². The average molecular weight is 452 g/mol. The number of hydrogen-bond donors (Lipinski definition) is 0. The summed E-state index contributed by atoms with van der Waals surface area (Å²) in [5.41, 5.74) is 2.00. The Kier molecular flexibility index (Phi) is 6.36. The third kappa shape index (κ3) is 5.51. The fourth-order valence-electron chi connectivity index (χ4n) is 3.92. The summed E-state index contributed by atoms with van der Waals surface area (Å²) in [6, 6.07) is 18.3. The van der Waals surface area contributed by atoms with Gasteiger partial charge in [0.2, 0.25) is 0 Å². The zero-order valence-corrected chi connectivity index (χ0v) is 19.0. The lowest BCUT2D eigenvalue weighted by Crippen LogP contribution is -2.47. The van der Waals surface area contributed by atoms with Gasteiger partial charge in [-0.25, -0.2) is 8.78 Å². The topological polar surface area (TPSA) is 38.8 Å². The van der Waals surface area contributed by atoms with Crippen LogP contribution in [0.1, 0.15) is 42.3 Å². The summed E-state index contributed by atoms with van der Waals surface area (Å²) < 4.78 is 39.0. The van der Waals surface area contributed by atoms with Gasteiger partial charge >= 0.3 is 0 Å². The Morgan fingerprint density at radius 3 is 2.27 bits per heavy atom. The zero-order chi connectivity index (χ0) is 23.6. The zero-order valence-electron chi connectivity index (χ0n) is 19.0. The Morgan fingerprint density at radius 2 is 1.61 bits per heavy atom. The molecule has 0 N–H and O–H groups in total. The van der Waals surface area contributed by atoms with Crippen LogP contribution < -0.4 is 9.47 Å². The number of carbonyl (C=O) groups is 1. The van der Waals surface area contributed by atoms with Gasteiger partial charge in [-0.2, -0.15) is 0 Å². The minimum Gasteiger partial charge on any atom is -0.491 e. The average Bonchev–Trinajstić information content (AvgIpc) is 2.78. The van der Waals surface area contributed by atoms with Gasteiger partial charge in [-0.3, -0.25) is 4.79 Å². The van der Waals surface area contributed by atoms with E-state index in [0.29, 0.717) is 18.7 Å². The Bertz CT molecular complexity index is 1140. The summed E-state index contributed by atoms with van der Waals surface area (Å²) in [6.07, 6.45) is 0.608.